The molecule has 100 valence electrons. The zero-order valence-electron chi connectivity index (χ0n) is 11.5. The molecule has 0 radical (unpaired) electrons. The Balaban J connectivity index is 2.48. The lowest BCUT2D eigenvalue weighted by atomic mass is 9.82. The van der Waals surface area contributed by atoms with Crippen LogP contribution in [-0.4, -0.2) is 18.0 Å². The van der Waals surface area contributed by atoms with Gasteiger partial charge in [-0.15, -0.1) is 0 Å². The van der Waals surface area contributed by atoms with E-state index in [9.17, 15) is 4.79 Å². The molecule has 0 bridgehead atoms. The maximum Gasteiger partial charge on any atom is 0.237 e. The molecule has 1 amide bonds. The first-order valence-corrected chi connectivity index (χ1v) is 7.16. The molecule has 0 aliphatic heterocycles. The maximum absolute atomic E-state index is 12.0. The highest BCUT2D eigenvalue weighted by molar-refractivity contribution is 5.82. The lowest BCUT2D eigenvalue weighted by Gasteiger charge is -2.32. The third-order valence-corrected chi connectivity index (χ3v) is 4.32. The summed E-state index contributed by atoms with van der Waals surface area (Å²) in [5, 5.41) is 3.17. The summed E-state index contributed by atoms with van der Waals surface area (Å²) >= 11 is 0. The average Bonchev–Trinajstić information content (AvgIpc) is 2.37. The molecule has 1 rings (SSSR count). The zero-order valence-corrected chi connectivity index (χ0v) is 11.5. The molecule has 1 fully saturated rings. The Morgan fingerprint density at radius 1 is 1.35 bits per heavy atom. The van der Waals surface area contributed by atoms with Gasteiger partial charge in [0.25, 0.3) is 0 Å². The third-order valence-electron chi connectivity index (χ3n) is 4.32. The van der Waals surface area contributed by atoms with Crippen LogP contribution in [0.1, 0.15) is 59.3 Å². The molecule has 3 N–H and O–H groups in total. The van der Waals surface area contributed by atoms with Crippen molar-refractivity contribution in [2.45, 2.75) is 71.4 Å². The van der Waals surface area contributed by atoms with E-state index in [1.807, 2.05) is 6.92 Å². The van der Waals surface area contributed by atoms with Crippen LogP contribution in [0.25, 0.3) is 0 Å². The van der Waals surface area contributed by atoms with E-state index in [4.69, 9.17) is 5.73 Å². The van der Waals surface area contributed by atoms with Crippen LogP contribution in [0.2, 0.25) is 0 Å². The fourth-order valence-corrected chi connectivity index (χ4v) is 2.68. The highest BCUT2D eigenvalue weighted by Gasteiger charge is 2.28. The van der Waals surface area contributed by atoms with Gasteiger partial charge in [-0.2, -0.15) is 0 Å². The zero-order chi connectivity index (χ0) is 12.8. The Labute approximate surface area is 106 Å². The van der Waals surface area contributed by atoms with Crippen molar-refractivity contribution in [2.75, 3.05) is 0 Å². The molecule has 1 aliphatic rings. The average molecular weight is 240 g/mol. The Hall–Kier alpha value is -0.570. The van der Waals surface area contributed by atoms with Gasteiger partial charge in [-0.3, -0.25) is 4.79 Å². The summed E-state index contributed by atoms with van der Waals surface area (Å²) in [7, 11) is 0. The van der Waals surface area contributed by atoms with Crippen LogP contribution in [-0.2, 0) is 4.79 Å². The minimum atomic E-state index is -0.348. The standard InChI is InChI=1S/C14H28N2O/c1-4-10(3)13(15)14(17)16-12-9-7-6-8-11(12)5-2/h10-13H,4-9,15H2,1-3H3,(H,16,17). The van der Waals surface area contributed by atoms with E-state index < -0.39 is 0 Å². The molecule has 0 saturated heterocycles. The second-order valence-electron chi connectivity index (χ2n) is 5.48. The molecule has 4 unspecified atom stereocenters. The number of hydrogen-bond donors (Lipinski definition) is 2. The van der Waals surface area contributed by atoms with Gasteiger partial charge in [0.15, 0.2) is 0 Å². The number of carbonyl (C=O) groups excluding carboxylic acids is 1. The van der Waals surface area contributed by atoms with E-state index in [2.05, 4.69) is 19.2 Å². The number of carbonyl (C=O) groups is 1. The van der Waals surface area contributed by atoms with Crippen LogP contribution >= 0.6 is 0 Å². The van der Waals surface area contributed by atoms with E-state index in [0.717, 1.165) is 19.3 Å². The van der Waals surface area contributed by atoms with E-state index in [1.54, 1.807) is 0 Å². The van der Waals surface area contributed by atoms with Crippen molar-refractivity contribution in [2.24, 2.45) is 17.6 Å². The van der Waals surface area contributed by atoms with Crippen molar-refractivity contribution in [3.05, 3.63) is 0 Å². The Morgan fingerprint density at radius 2 is 2.00 bits per heavy atom. The van der Waals surface area contributed by atoms with Crippen LogP contribution in [0.4, 0.5) is 0 Å². The van der Waals surface area contributed by atoms with Gasteiger partial charge in [-0.05, 0) is 24.7 Å². The first-order chi connectivity index (χ1) is 8.10. The van der Waals surface area contributed by atoms with Crippen LogP contribution in [0.15, 0.2) is 0 Å². The number of nitrogens with one attached hydrogen (secondary N) is 1. The van der Waals surface area contributed by atoms with Crippen molar-refractivity contribution < 1.29 is 4.79 Å². The van der Waals surface area contributed by atoms with Gasteiger partial charge in [0.1, 0.15) is 0 Å². The van der Waals surface area contributed by atoms with Gasteiger partial charge in [-0.25, -0.2) is 0 Å². The van der Waals surface area contributed by atoms with Crippen LogP contribution in [0, 0.1) is 11.8 Å². The van der Waals surface area contributed by atoms with E-state index in [0.29, 0.717) is 12.0 Å². The highest BCUT2D eigenvalue weighted by Crippen LogP contribution is 2.26. The predicted octanol–water partition coefficient (Wildman–Crippen LogP) is 2.44. The third kappa shape index (κ3) is 3.98. The fraction of sp³-hybridized carbons (Fsp3) is 0.929. The summed E-state index contributed by atoms with van der Waals surface area (Å²) in [5.74, 6) is 0.959. The van der Waals surface area contributed by atoms with Gasteiger partial charge in [0.2, 0.25) is 5.91 Å². The van der Waals surface area contributed by atoms with Gasteiger partial charge < -0.3 is 11.1 Å². The fourth-order valence-electron chi connectivity index (χ4n) is 2.68. The lowest BCUT2D eigenvalue weighted by molar-refractivity contribution is -0.124. The van der Waals surface area contributed by atoms with Crippen molar-refractivity contribution >= 4 is 5.91 Å². The molecule has 4 atom stereocenters. The Kier molecular flexibility index (Phi) is 5.96. The second kappa shape index (κ2) is 7.00. The molecule has 0 aromatic carbocycles. The quantitative estimate of drug-likeness (QED) is 0.775. The number of rotatable bonds is 5. The molecular formula is C14H28N2O. The Morgan fingerprint density at radius 3 is 2.59 bits per heavy atom. The van der Waals surface area contributed by atoms with Crippen LogP contribution in [0.3, 0.4) is 0 Å². The summed E-state index contributed by atoms with van der Waals surface area (Å²) in [4.78, 5) is 12.0. The van der Waals surface area contributed by atoms with E-state index in [1.165, 1.54) is 19.3 Å². The minimum absolute atomic E-state index is 0.0460. The first kappa shape index (κ1) is 14.5. The second-order valence-corrected chi connectivity index (χ2v) is 5.48. The molecule has 3 heteroatoms. The van der Waals surface area contributed by atoms with Crippen molar-refractivity contribution in [1.82, 2.24) is 5.32 Å². The van der Waals surface area contributed by atoms with Gasteiger partial charge in [0, 0.05) is 6.04 Å². The largest absolute Gasteiger partial charge is 0.352 e. The summed E-state index contributed by atoms with van der Waals surface area (Å²) in [6.07, 6.45) is 7.03. The normalized spacial score (nSPS) is 28.5. The lowest BCUT2D eigenvalue weighted by Crippen LogP contribution is -2.51. The smallest absolute Gasteiger partial charge is 0.237 e. The molecule has 3 nitrogen and oxygen atoms in total. The molecule has 1 saturated carbocycles. The van der Waals surface area contributed by atoms with Crippen molar-refractivity contribution in [3.63, 3.8) is 0 Å². The molecule has 17 heavy (non-hydrogen) atoms. The Bertz CT molecular complexity index is 242. The van der Waals surface area contributed by atoms with Gasteiger partial charge in [0.05, 0.1) is 6.04 Å². The first-order valence-electron chi connectivity index (χ1n) is 7.16. The predicted molar refractivity (Wildman–Crippen MR) is 71.6 cm³/mol. The minimum Gasteiger partial charge on any atom is -0.352 e. The summed E-state index contributed by atoms with van der Waals surface area (Å²) in [6.45, 7) is 6.33. The molecule has 1 aliphatic carbocycles. The highest BCUT2D eigenvalue weighted by atomic mass is 16.2. The topological polar surface area (TPSA) is 55.1 Å². The van der Waals surface area contributed by atoms with Gasteiger partial charge in [-0.1, -0.05) is 46.5 Å². The number of amides is 1. The summed E-state index contributed by atoms with van der Waals surface area (Å²) in [5.41, 5.74) is 5.96. The number of hydrogen-bond acceptors (Lipinski definition) is 2. The summed E-state index contributed by atoms with van der Waals surface area (Å²) in [6, 6.07) is 0.00999. The monoisotopic (exact) mass is 240 g/mol. The van der Waals surface area contributed by atoms with E-state index >= 15 is 0 Å². The van der Waals surface area contributed by atoms with Crippen molar-refractivity contribution in [1.29, 1.82) is 0 Å². The molecule has 0 aromatic heterocycles. The van der Waals surface area contributed by atoms with Crippen LogP contribution < -0.4 is 11.1 Å². The molecule has 0 aromatic rings. The van der Waals surface area contributed by atoms with E-state index in [-0.39, 0.29) is 17.9 Å². The maximum atomic E-state index is 12.0. The van der Waals surface area contributed by atoms with Crippen molar-refractivity contribution in [3.8, 4) is 0 Å². The molecule has 0 heterocycles. The van der Waals surface area contributed by atoms with Gasteiger partial charge >= 0.3 is 0 Å². The molecule has 0 spiro atoms. The number of nitrogens with two attached hydrogens (primary N) is 1. The summed E-state index contributed by atoms with van der Waals surface area (Å²) < 4.78 is 0. The van der Waals surface area contributed by atoms with Crippen LogP contribution in [0.5, 0.6) is 0 Å². The molecular weight excluding hydrogens is 212 g/mol. The SMILES string of the molecule is CCC(C)C(N)C(=O)NC1CCCCC1CC.